The van der Waals surface area contributed by atoms with Crippen LogP contribution in [-0.4, -0.2) is 25.3 Å². The van der Waals surface area contributed by atoms with Crippen LogP contribution in [0.15, 0.2) is 89.7 Å². The molecular formula is C25H14ClN5O. The molecule has 6 aromatic rings. The van der Waals surface area contributed by atoms with Crippen molar-refractivity contribution in [1.29, 1.82) is 0 Å². The number of aromatic nitrogens is 5. The zero-order valence-electron chi connectivity index (χ0n) is 16.6. The van der Waals surface area contributed by atoms with Gasteiger partial charge in [-0.05, 0) is 29.7 Å². The molecule has 0 N–H and O–H groups in total. The molecular weight excluding hydrogens is 422 g/mol. The lowest BCUT2D eigenvalue weighted by molar-refractivity contribution is 0.432. The van der Waals surface area contributed by atoms with E-state index in [1.54, 1.807) is 18.3 Å². The fourth-order valence-electron chi connectivity index (χ4n) is 3.86. The Kier molecular flexibility index (Phi) is 4.37. The molecule has 0 atom stereocenters. The largest absolute Gasteiger partial charge is 0.334 e. The molecule has 3 heterocycles. The second-order valence-corrected chi connectivity index (χ2v) is 7.72. The van der Waals surface area contributed by atoms with Crippen LogP contribution >= 0.6 is 11.6 Å². The van der Waals surface area contributed by atoms with Crippen LogP contribution < -0.4 is 0 Å². The normalized spacial score (nSPS) is 11.3. The second-order valence-electron chi connectivity index (χ2n) is 7.28. The molecule has 0 aliphatic carbocycles. The number of benzene rings is 3. The highest BCUT2D eigenvalue weighted by Gasteiger charge is 2.18. The molecule has 7 heteroatoms. The van der Waals surface area contributed by atoms with Crippen LogP contribution in [0.1, 0.15) is 0 Å². The summed E-state index contributed by atoms with van der Waals surface area (Å²) in [6.45, 7) is 0. The highest BCUT2D eigenvalue weighted by Crippen LogP contribution is 2.35. The second kappa shape index (κ2) is 7.51. The SMILES string of the molecule is Clc1cccc(-c2nc(-c3nnc(-c4cccc5cnccc45)c4ccccc34)no2)c1. The minimum Gasteiger partial charge on any atom is -0.334 e. The lowest BCUT2D eigenvalue weighted by Gasteiger charge is -2.10. The van der Waals surface area contributed by atoms with Crippen molar-refractivity contribution in [3.63, 3.8) is 0 Å². The van der Waals surface area contributed by atoms with Crippen LogP contribution in [0.2, 0.25) is 5.02 Å². The van der Waals surface area contributed by atoms with Crippen molar-refractivity contribution < 1.29 is 4.52 Å². The summed E-state index contributed by atoms with van der Waals surface area (Å²) in [4.78, 5) is 8.77. The van der Waals surface area contributed by atoms with Crippen LogP contribution in [0.4, 0.5) is 0 Å². The number of hydrogen-bond acceptors (Lipinski definition) is 6. The van der Waals surface area contributed by atoms with Gasteiger partial charge in [0.25, 0.3) is 5.89 Å². The lowest BCUT2D eigenvalue weighted by atomic mass is 9.99. The van der Waals surface area contributed by atoms with E-state index in [0.717, 1.165) is 38.4 Å². The summed E-state index contributed by atoms with van der Waals surface area (Å²) in [7, 11) is 0. The topological polar surface area (TPSA) is 77.6 Å². The first-order chi connectivity index (χ1) is 15.8. The molecule has 6 rings (SSSR count). The van der Waals surface area contributed by atoms with Gasteiger partial charge in [0.15, 0.2) is 0 Å². The predicted octanol–water partition coefficient (Wildman–Crippen LogP) is 6.22. The molecule has 0 amide bonds. The molecule has 0 radical (unpaired) electrons. The van der Waals surface area contributed by atoms with E-state index in [1.165, 1.54) is 0 Å². The van der Waals surface area contributed by atoms with Crippen molar-refractivity contribution >= 4 is 33.1 Å². The Balaban J connectivity index is 1.53. The molecule has 152 valence electrons. The summed E-state index contributed by atoms with van der Waals surface area (Å²) in [5.74, 6) is 0.747. The van der Waals surface area contributed by atoms with E-state index in [1.807, 2.05) is 66.9 Å². The van der Waals surface area contributed by atoms with E-state index in [4.69, 9.17) is 16.1 Å². The van der Waals surface area contributed by atoms with Gasteiger partial charge in [0.2, 0.25) is 5.82 Å². The smallest absolute Gasteiger partial charge is 0.258 e. The van der Waals surface area contributed by atoms with Gasteiger partial charge in [-0.3, -0.25) is 4.98 Å². The van der Waals surface area contributed by atoms with Crippen LogP contribution in [0.5, 0.6) is 0 Å². The average molecular weight is 436 g/mol. The zero-order valence-corrected chi connectivity index (χ0v) is 17.4. The van der Waals surface area contributed by atoms with Crippen molar-refractivity contribution in [2.45, 2.75) is 0 Å². The monoisotopic (exact) mass is 435 g/mol. The molecule has 3 aromatic carbocycles. The molecule has 0 saturated carbocycles. The summed E-state index contributed by atoms with van der Waals surface area (Å²) in [6, 6.07) is 23.3. The first kappa shape index (κ1) is 18.6. The fraction of sp³-hybridized carbons (Fsp3) is 0. The fourth-order valence-corrected chi connectivity index (χ4v) is 4.05. The van der Waals surface area contributed by atoms with Gasteiger partial charge < -0.3 is 4.52 Å². The Hall–Kier alpha value is -4.16. The average Bonchev–Trinajstić information content (AvgIpc) is 3.33. The minimum absolute atomic E-state index is 0.373. The molecule has 0 aliphatic rings. The Bertz CT molecular complexity index is 1610. The van der Waals surface area contributed by atoms with Crippen LogP contribution in [0.25, 0.3) is 55.8 Å². The van der Waals surface area contributed by atoms with Gasteiger partial charge in [-0.2, -0.15) is 4.98 Å². The van der Waals surface area contributed by atoms with Crippen LogP contribution in [-0.2, 0) is 0 Å². The first-order valence-corrected chi connectivity index (χ1v) is 10.3. The maximum atomic E-state index is 6.10. The van der Waals surface area contributed by atoms with E-state index in [9.17, 15) is 0 Å². The van der Waals surface area contributed by atoms with Crippen LogP contribution in [0.3, 0.4) is 0 Å². The maximum absolute atomic E-state index is 6.10. The van der Waals surface area contributed by atoms with E-state index in [0.29, 0.717) is 22.4 Å². The first-order valence-electron chi connectivity index (χ1n) is 9.96. The molecule has 3 aromatic heterocycles. The van der Waals surface area contributed by atoms with Crippen LogP contribution in [0, 0.1) is 0 Å². The van der Waals surface area contributed by atoms with Gasteiger partial charge in [-0.25, -0.2) is 0 Å². The van der Waals surface area contributed by atoms with E-state index in [2.05, 4.69) is 25.3 Å². The van der Waals surface area contributed by atoms with Gasteiger partial charge >= 0.3 is 0 Å². The summed E-state index contributed by atoms with van der Waals surface area (Å²) >= 11 is 6.10. The molecule has 0 aliphatic heterocycles. The number of halogens is 1. The summed E-state index contributed by atoms with van der Waals surface area (Å²) in [5.41, 5.74) is 3.09. The summed E-state index contributed by atoms with van der Waals surface area (Å²) in [6.07, 6.45) is 3.63. The van der Waals surface area contributed by atoms with Gasteiger partial charge in [0, 0.05) is 44.7 Å². The summed E-state index contributed by atoms with van der Waals surface area (Å²) < 4.78 is 5.49. The molecule has 0 saturated heterocycles. The standard InChI is InChI=1S/C25H14ClN5O/c26-17-7-3-5-15(13-17)25-28-24(31-32-25)23-21-9-2-1-8-20(21)22(29-30-23)19-10-4-6-16-14-27-12-11-18(16)19/h1-14H. The third kappa shape index (κ3) is 3.09. The van der Waals surface area contributed by atoms with E-state index in [-0.39, 0.29) is 0 Å². The van der Waals surface area contributed by atoms with Crippen molar-refractivity contribution in [1.82, 2.24) is 25.3 Å². The molecule has 6 nitrogen and oxygen atoms in total. The zero-order chi connectivity index (χ0) is 21.5. The number of rotatable bonds is 3. The van der Waals surface area contributed by atoms with Crippen molar-refractivity contribution in [3.05, 3.63) is 90.2 Å². The molecule has 0 spiro atoms. The number of hydrogen-bond donors (Lipinski definition) is 0. The Morgan fingerprint density at radius 2 is 1.56 bits per heavy atom. The van der Waals surface area contributed by atoms with Crippen molar-refractivity contribution in [3.8, 4) is 34.2 Å². The van der Waals surface area contributed by atoms with Gasteiger partial charge in [0.1, 0.15) is 11.4 Å². The molecule has 0 unspecified atom stereocenters. The number of fused-ring (bicyclic) bond motifs is 2. The third-order valence-corrected chi connectivity index (χ3v) is 5.57. The highest BCUT2D eigenvalue weighted by atomic mass is 35.5. The summed E-state index contributed by atoms with van der Waals surface area (Å²) in [5, 5.41) is 17.8. The number of nitrogens with zero attached hydrogens (tertiary/aromatic N) is 5. The van der Waals surface area contributed by atoms with Crippen molar-refractivity contribution in [2.24, 2.45) is 0 Å². The predicted molar refractivity (Wildman–Crippen MR) is 124 cm³/mol. The Morgan fingerprint density at radius 1 is 0.750 bits per heavy atom. The number of pyridine rings is 1. The lowest BCUT2D eigenvalue weighted by Crippen LogP contribution is -1.96. The molecule has 0 bridgehead atoms. The van der Waals surface area contributed by atoms with E-state index >= 15 is 0 Å². The Labute approximate surface area is 187 Å². The Morgan fingerprint density at radius 3 is 2.44 bits per heavy atom. The quantitative estimate of drug-likeness (QED) is 0.328. The van der Waals surface area contributed by atoms with Gasteiger partial charge in [-0.1, -0.05) is 65.3 Å². The molecule has 0 fully saturated rings. The third-order valence-electron chi connectivity index (χ3n) is 5.33. The van der Waals surface area contributed by atoms with E-state index < -0.39 is 0 Å². The molecule has 32 heavy (non-hydrogen) atoms. The van der Waals surface area contributed by atoms with Gasteiger partial charge in [0.05, 0.1) is 0 Å². The van der Waals surface area contributed by atoms with Crippen molar-refractivity contribution in [2.75, 3.05) is 0 Å². The highest BCUT2D eigenvalue weighted by molar-refractivity contribution is 6.30. The maximum Gasteiger partial charge on any atom is 0.258 e. The van der Waals surface area contributed by atoms with Gasteiger partial charge in [-0.15, -0.1) is 10.2 Å². The minimum atomic E-state index is 0.373.